The van der Waals surface area contributed by atoms with E-state index in [1.165, 1.54) is 0 Å². The van der Waals surface area contributed by atoms with Gasteiger partial charge < -0.3 is 10.8 Å². The molecule has 0 fully saturated rings. The van der Waals surface area contributed by atoms with E-state index in [9.17, 15) is 5.11 Å². The number of phenols is 1. The molecular weight excluding hydrogens is 174 g/mol. The van der Waals surface area contributed by atoms with Crippen LogP contribution in [0.25, 0.3) is 0 Å². The Hall–Kier alpha value is -1.02. The van der Waals surface area contributed by atoms with Crippen LogP contribution in [0.1, 0.15) is 37.5 Å². The lowest BCUT2D eigenvalue weighted by Gasteiger charge is -2.22. The van der Waals surface area contributed by atoms with Gasteiger partial charge in [-0.2, -0.15) is 0 Å². The molecule has 0 atom stereocenters. The third kappa shape index (κ3) is 2.07. The Balaban J connectivity index is 3.37. The van der Waals surface area contributed by atoms with Crippen LogP contribution in [0.15, 0.2) is 12.1 Å². The first-order valence-corrected chi connectivity index (χ1v) is 4.89. The summed E-state index contributed by atoms with van der Waals surface area (Å²) in [5, 5.41) is 9.97. The minimum Gasteiger partial charge on any atom is -0.507 e. The van der Waals surface area contributed by atoms with Crippen molar-refractivity contribution in [3.8, 4) is 5.75 Å². The molecule has 0 amide bonds. The predicted molar refractivity (Wildman–Crippen MR) is 59.4 cm³/mol. The number of aryl methyl sites for hydroxylation is 1. The molecule has 2 nitrogen and oxygen atoms in total. The van der Waals surface area contributed by atoms with E-state index in [4.69, 9.17) is 5.73 Å². The molecule has 0 saturated heterocycles. The SMILES string of the molecule is Cc1cc(CN)c(O)c(C(C)(C)C)c1. The molecule has 0 saturated carbocycles. The first-order chi connectivity index (χ1) is 6.36. The van der Waals surface area contributed by atoms with Crippen LogP contribution < -0.4 is 5.73 Å². The van der Waals surface area contributed by atoms with Crippen LogP contribution in [0, 0.1) is 6.92 Å². The molecule has 78 valence electrons. The second-order valence-corrected chi connectivity index (χ2v) is 4.77. The van der Waals surface area contributed by atoms with Crippen molar-refractivity contribution in [1.82, 2.24) is 0 Å². The van der Waals surface area contributed by atoms with Gasteiger partial charge in [0, 0.05) is 12.1 Å². The first kappa shape index (κ1) is 11.1. The van der Waals surface area contributed by atoms with E-state index in [0.717, 1.165) is 16.7 Å². The molecule has 0 aliphatic rings. The Bertz CT molecular complexity index is 337. The quantitative estimate of drug-likeness (QED) is 0.719. The van der Waals surface area contributed by atoms with Gasteiger partial charge in [-0.05, 0) is 17.9 Å². The predicted octanol–water partition coefficient (Wildman–Crippen LogP) is 2.46. The summed E-state index contributed by atoms with van der Waals surface area (Å²) in [5.41, 5.74) is 8.48. The fraction of sp³-hybridized carbons (Fsp3) is 0.500. The highest BCUT2D eigenvalue weighted by molar-refractivity contribution is 5.46. The lowest BCUT2D eigenvalue weighted by atomic mass is 9.84. The van der Waals surface area contributed by atoms with Gasteiger partial charge in [0.05, 0.1) is 0 Å². The second-order valence-electron chi connectivity index (χ2n) is 4.77. The van der Waals surface area contributed by atoms with Gasteiger partial charge in [-0.25, -0.2) is 0 Å². The minimum absolute atomic E-state index is 0.0416. The maximum absolute atomic E-state index is 9.97. The van der Waals surface area contributed by atoms with Gasteiger partial charge in [0.1, 0.15) is 5.75 Å². The number of nitrogens with two attached hydrogens (primary N) is 1. The van der Waals surface area contributed by atoms with Crippen molar-refractivity contribution in [3.05, 3.63) is 28.8 Å². The van der Waals surface area contributed by atoms with Crippen LogP contribution in [0.4, 0.5) is 0 Å². The zero-order valence-corrected chi connectivity index (χ0v) is 9.39. The molecule has 0 aromatic heterocycles. The Morgan fingerprint density at radius 3 is 2.29 bits per heavy atom. The van der Waals surface area contributed by atoms with Gasteiger partial charge in [-0.1, -0.05) is 38.5 Å². The molecular formula is C12H19NO. The monoisotopic (exact) mass is 193 g/mol. The van der Waals surface area contributed by atoms with Gasteiger partial charge in [0.25, 0.3) is 0 Å². The van der Waals surface area contributed by atoms with E-state index in [0.29, 0.717) is 12.3 Å². The third-order valence-electron chi connectivity index (χ3n) is 2.36. The van der Waals surface area contributed by atoms with Crippen molar-refractivity contribution in [2.45, 2.75) is 39.7 Å². The number of aromatic hydroxyl groups is 1. The zero-order valence-electron chi connectivity index (χ0n) is 9.39. The first-order valence-electron chi connectivity index (χ1n) is 4.89. The smallest absolute Gasteiger partial charge is 0.123 e. The summed E-state index contributed by atoms with van der Waals surface area (Å²) in [6.07, 6.45) is 0. The fourth-order valence-electron chi connectivity index (χ4n) is 1.58. The summed E-state index contributed by atoms with van der Waals surface area (Å²) in [6, 6.07) is 3.96. The Labute approximate surface area is 85.8 Å². The van der Waals surface area contributed by atoms with Crippen LogP contribution in [-0.4, -0.2) is 5.11 Å². The molecule has 0 radical (unpaired) electrons. The van der Waals surface area contributed by atoms with E-state index < -0.39 is 0 Å². The average Bonchev–Trinajstić information content (AvgIpc) is 2.06. The molecule has 0 aliphatic carbocycles. The normalized spacial score (nSPS) is 11.8. The Morgan fingerprint density at radius 1 is 1.29 bits per heavy atom. The lowest BCUT2D eigenvalue weighted by molar-refractivity contribution is 0.440. The number of hydrogen-bond donors (Lipinski definition) is 2. The van der Waals surface area contributed by atoms with E-state index in [2.05, 4.69) is 20.8 Å². The van der Waals surface area contributed by atoms with Crippen LogP contribution in [0.3, 0.4) is 0 Å². The van der Waals surface area contributed by atoms with Crippen molar-refractivity contribution >= 4 is 0 Å². The van der Waals surface area contributed by atoms with Crippen molar-refractivity contribution in [2.24, 2.45) is 5.73 Å². The maximum atomic E-state index is 9.97. The third-order valence-corrected chi connectivity index (χ3v) is 2.36. The number of rotatable bonds is 1. The molecule has 0 heterocycles. The topological polar surface area (TPSA) is 46.2 Å². The van der Waals surface area contributed by atoms with Crippen molar-refractivity contribution < 1.29 is 5.11 Å². The molecule has 0 aliphatic heterocycles. The number of hydrogen-bond acceptors (Lipinski definition) is 2. The Kier molecular flexibility index (Phi) is 2.86. The average molecular weight is 193 g/mol. The molecule has 1 rings (SSSR count). The molecule has 1 aromatic rings. The molecule has 0 spiro atoms. The standard InChI is InChI=1S/C12H19NO/c1-8-5-9(7-13)11(14)10(6-8)12(2,3)4/h5-6,14H,7,13H2,1-4H3. The van der Waals surface area contributed by atoms with Gasteiger partial charge in [0.2, 0.25) is 0 Å². The second kappa shape index (κ2) is 3.62. The Morgan fingerprint density at radius 2 is 1.86 bits per heavy atom. The van der Waals surface area contributed by atoms with E-state index in [-0.39, 0.29) is 5.41 Å². The molecule has 0 unspecified atom stereocenters. The largest absolute Gasteiger partial charge is 0.507 e. The summed E-state index contributed by atoms with van der Waals surface area (Å²) in [4.78, 5) is 0. The molecule has 3 N–H and O–H groups in total. The van der Waals surface area contributed by atoms with Gasteiger partial charge in [-0.3, -0.25) is 0 Å². The van der Waals surface area contributed by atoms with E-state index >= 15 is 0 Å². The fourth-order valence-corrected chi connectivity index (χ4v) is 1.58. The van der Waals surface area contributed by atoms with Crippen molar-refractivity contribution in [1.29, 1.82) is 0 Å². The van der Waals surface area contributed by atoms with E-state index in [1.54, 1.807) is 0 Å². The van der Waals surface area contributed by atoms with Crippen LogP contribution >= 0.6 is 0 Å². The molecule has 1 aromatic carbocycles. The van der Waals surface area contributed by atoms with Gasteiger partial charge in [0.15, 0.2) is 0 Å². The summed E-state index contributed by atoms with van der Waals surface area (Å²) in [7, 11) is 0. The highest BCUT2D eigenvalue weighted by Gasteiger charge is 2.19. The summed E-state index contributed by atoms with van der Waals surface area (Å²) < 4.78 is 0. The van der Waals surface area contributed by atoms with Crippen molar-refractivity contribution in [2.75, 3.05) is 0 Å². The number of benzene rings is 1. The van der Waals surface area contributed by atoms with Crippen LogP contribution in [0.2, 0.25) is 0 Å². The van der Waals surface area contributed by atoms with Crippen LogP contribution in [-0.2, 0) is 12.0 Å². The zero-order chi connectivity index (χ0) is 10.9. The van der Waals surface area contributed by atoms with Crippen LogP contribution in [0.5, 0.6) is 5.75 Å². The van der Waals surface area contributed by atoms with Crippen molar-refractivity contribution in [3.63, 3.8) is 0 Å². The van der Waals surface area contributed by atoms with E-state index in [1.807, 2.05) is 19.1 Å². The molecule has 2 heteroatoms. The maximum Gasteiger partial charge on any atom is 0.123 e. The summed E-state index contributed by atoms with van der Waals surface area (Å²) in [5.74, 6) is 0.352. The molecule has 14 heavy (non-hydrogen) atoms. The molecule has 0 bridgehead atoms. The highest BCUT2D eigenvalue weighted by Crippen LogP contribution is 2.33. The summed E-state index contributed by atoms with van der Waals surface area (Å²) >= 11 is 0. The lowest BCUT2D eigenvalue weighted by Crippen LogP contribution is -2.13. The van der Waals surface area contributed by atoms with Gasteiger partial charge >= 0.3 is 0 Å². The number of phenolic OH excluding ortho intramolecular Hbond substituents is 1. The summed E-state index contributed by atoms with van der Waals surface area (Å²) in [6.45, 7) is 8.66. The van der Waals surface area contributed by atoms with Gasteiger partial charge in [-0.15, -0.1) is 0 Å². The highest BCUT2D eigenvalue weighted by atomic mass is 16.3. The minimum atomic E-state index is -0.0416.